The number of fused-ring (bicyclic) bond motifs is 1. The molecule has 1 aliphatic heterocycles. The first-order valence-electron chi connectivity index (χ1n) is 8.71. The Bertz CT molecular complexity index is 1060. The second-order valence-electron chi connectivity index (χ2n) is 6.69. The number of alkyl halides is 3. The van der Waals surface area contributed by atoms with Crippen molar-refractivity contribution in [1.29, 1.82) is 0 Å². The van der Waals surface area contributed by atoms with Crippen molar-refractivity contribution in [3.8, 4) is 5.69 Å². The van der Waals surface area contributed by atoms with E-state index in [9.17, 15) is 18.0 Å². The van der Waals surface area contributed by atoms with Crippen molar-refractivity contribution in [1.82, 2.24) is 9.55 Å². The fraction of sp³-hybridized carbons (Fsp3) is 0.200. The predicted molar refractivity (Wildman–Crippen MR) is 99.9 cm³/mol. The molecule has 0 fully saturated rings. The standard InChI is InChI=1S/C20H17F3N4O/c1-12-10-27(11-25-12)17-8-15(20(21,22)23)7-16(9-17)26-19(28)14-3-2-13-4-5-24-18(13)6-14/h2-3,6-11,24H,4-5H2,1H3,(H,26,28). The Morgan fingerprint density at radius 2 is 2.04 bits per heavy atom. The number of aromatic nitrogens is 2. The van der Waals surface area contributed by atoms with E-state index < -0.39 is 17.6 Å². The van der Waals surface area contributed by atoms with Gasteiger partial charge < -0.3 is 15.2 Å². The Morgan fingerprint density at radius 1 is 1.21 bits per heavy atom. The monoisotopic (exact) mass is 386 g/mol. The second kappa shape index (κ2) is 6.70. The first-order valence-corrected chi connectivity index (χ1v) is 8.71. The van der Waals surface area contributed by atoms with Gasteiger partial charge in [-0.3, -0.25) is 4.79 Å². The summed E-state index contributed by atoms with van der Waals surface area (Å²) >= 11 is 0. The lowest BCUT2D eigenvalue weighted by Crippen LogP contribution is -2.14. The smallest absolute Gasteiger partial charge is 0.384 e. The van der Waals surface area contributed by atoms with Crippen LogP contribution in [0.4, 0.5) is 24.5 Å². The number of benzene rings is 2. The third-order valence-electron chi connectivity index (χ3n) is 4.59. The molecule has 0 bridgehead atoms. The zero-order valence-corrected chi connectivity index (χ0v) is 15.0. The molecule has 4 rings (SSSR count). The molecular weight excluding hydrogens is 369 g/mol. The second-order valence-corrected chi connectivity index (χ2v) is 6.69. The topological polar surface area (TPSA) is 59.0 Å². The summed E-state index contributed by atoms with van der Waals surface area (Å²) in [4.78, 5) is 16.6. The van der Waals surface area contributed by atoms with E-state index in [4.69, 9.17) is 0 Å². The van der Waals surface area contributed by atoms with E-state index >= 15 is 0 Å². The van der Waals surface area contributed by atoms with Crippen molar-refractivity contribution in [3.63, 3.8) is 0 Å². The average molecular weight is 386 g/mol. The van der Waals surface area contributed by atoms with Gasteiger partial charge in [0.1, 0.15) is 0 Å². The number of anilines is 2. The summed E-state index contributed by atoms with van der Waals surface area (Å²) < 4.78 is 41.5. The Hall–Kier alpha value is -3.29. The van der Waals surface area contributed by atoms with Gasteiger partial charge in [0.2, 0.25) is 0 Å². The number of imidazole rings is 1. The minimum Gasteiger partial charge on any atom is -0.384 e. The fourth-order valence-electron chi connectivity index (χ4n) is 3.19. The van der Waals surface area contributed by atoms with Gasteiger partial charge in [0.15, 0.2) is 0 Å². The van der Waals surface area contributed by atoms with Crippen LogP contribution in [0.15, 0.2) is 48.9 Å². The molecule has 28 heavy (non-hydrogen) atoms. The van der Waals surface area contributed by atoms with Gasteiger partial charge in [-0.15, -0.1) is 0 Å². The van der Waals surface area contributed by atoms with E-state index in [1.165, 1.54) is 17.0 Å². The highest BCUT2D eigenvalue weighted by molar-refractivity contribution is 6.05. The molecule has 0 unspecified atom stereocenters. The molecule has 2 aromatic carbocycles. The lowest BCUT2D eigenvalue weighted by Gasteiger charge is -2.14. The average Bonchev–Trinajstić information content (AvgIpc) is 3.28. The third-order valence-corrected chi connectivity index (χ3v) is 4.59. The molecule has 0 aliphatic carbocycles. The highest BCUT2D eigenvalue weighted by atomic mass is 19.4. The van der Waals surface area contributed by atoms with E-state index in [1.807, 2.05) is 6.07 Å². The van der Waals surface area contributed by atoms with Crippen LogP contribution in [0.1, 0.15) is 27.2 Å². The molecule has 0 saturated carbocycles. The molecule has 1 aromatic heterocycles. The maximum Gasteiger partial charge on any atom is 0.416 e. The summed E-state index contributed by atoms with van der Waals surface area (Å²) in [7, 11) is 0. The summed E-state index contributed by atoms with van der Waals surface area (Å²) in [5, 5.41) is 5.76. The lowest BCUT2D eigenvalue weighted by molar-refractivity contribution is -0.137. The largest absolute Gasteiger partial charge is 0.416 e. The quantitative estimate of drug-likeness (QED) is 0.701. The Balaban J connectivity index is 1.67. The van der Waals surface area contributed by atoms with Gasteiger partial charge in [0.25, 0.3) is 5.91 Å². The molecule has 5 nitrogen and oxygen atoms in total. The Labute approximate surface area is 159 Å². The number of carbonyl (C=O) groups is 1. The van der Waals surface area contributed by atoms with Crippen LogP contribution < -0.4 is 10.6 Å². The van der Waals surface area contributed by atoms with E-state index in [1.54, 1.807) is 25.3 Å². The minimum absolute atomic E-state index is 0.0645. The number of amides is 1. The SMILES string of the molecule is Cc1cn(-c2cc(NC(=O)c3ccc4c(c3)NCC4)cc(C(F)(F)F)c2)cn1. The number of carbonyl (C=O) groups excluding carboxylic acids is 1. The molecule has 144 valence electrons. The predicted octanol–water partition coefficient (Wildman–Crippen LogP) is 4.42. The summed E-state index contributed by atoms with van der Waals surface area (Å²) in [6.45, 7) is 2.55. The van der Waals surface area contributed by atoms with E-state index in [-0.39, 0.29) is 11.4 Å². The molecule has 0 spiro atoms. The number of nitrogens with one attached hydrogen (secondary N) is 2. The van der Waals surface area contributed by atoms with Gasteiger partial charge in [-0.05, 0) is 49.2 Å². The van der Waals surface area contributed by atoms with E-state index in [2.05, 4.69) is 15.6 Å². The molecule has 0 saturated heterocycles. The third kappa shape index (κ3) is 3.58. The molecule has 1 amide bonds. The van der Waals surface area contributed by atoms with E-state index in [0.29, 0.717) is 11.3 Å². The Kier molecular flexibility index (Phi) is 4.33. The highest BCUT2D eigenvalue weighted by Gasteiger charge is 2.31. The summed E-state index contributed by atoms with van der Waals surface area (Å²) in [6.07, 6.45) is -0.600. The Morgan fingerprint density at radius 3 is 2.75 bits per heavy atom. The van der Waals surface area contributed by atoms with Crippen LogP contribution in [0, 0.1) is 6.92 Å². The van der Waals surface area contributed by atoms with Crippen LogP contribution in [0.25, 0.3) is 5.69 Å². The molecule has 0 radical (unpaired) electrons. The van der Waals surface area contributed by atoms with Crippen molar-refractivity contribution < 1.29 is 18.0 Å². The maximum absolute atomic E-state index is 13.3. The fourth-order valence-corrected chi connectivity index (χ4v) is 3.19. The van der Waals surface area contributed by atoms with Gasteiger partial charge in [0, 0.05) is 35.4 Å². The number of rotatable bonds is 3. The van der Waals surface area contributed by atoms with Crippen molar-refractivity contribution in [3.05, 3.63) is 71.3 Å². The van der Waals surface area contributed by atoms with Gasteiger partial charge >= 0.3 is 6.18 Å². The summed E-state index contributed by atoms with van der Waals surface area (Å²) in [6, 6.07) is 8.68. The zero-order chi connectivity index (χ0) is 19.9. The number of aryl methyl sites for hydroxylation is 1. The van der Waals surface area contributed by atoms with Crippen LogP contribution >= 0.6 is 0 Å². The van der Waals surface area contributed by atoms with Crippen LogP contribution in [0.5, 0.6) is 0 Å². The van der Waals surface area contributed by atoms with Gasteiger partial charge in [0.05, 0.1) is 17.6 Å². The van der Waals surface area contributed by atoms with Gasteiger partial charge in [-0.2, -0.15) is 13.2 Å². The van der Waals surface area contributed by atoms with Crippen LogP contribution in [-0.2, 0) is 12.6 Å². The van der Waals surface area contributed by atoms with E-state index in [0.717, 1.165) is 36.3 Å². The van der Waals surface area contributed by atoms with Gasteiger partial charge in [-0.25, -0.2) is 4.98 Å². The zero-order valence-electron chi connectivity index (χ0n) is 15.0. The molecular formula is C20H17F3N4O. The molecule has 8 heteroatoms. The number of hydrogen-bond acceptors (Lipinski definition) is 3. The minimum atomic E-state index is -4.54. The van der Waals surface area contributed by atoms with Crippen molar-refractivity contribution in [2.75, 3.05) is 17.2 Å². The number of hydrogen-bond donors (Lipinski definition) is 2. The van der Waals surface area contributed by atoms with Crippen molar-refractivity contribution in [2.24, 2.45) is 0 Å². The molecule has 2 N–H and O–H groups in total. The van der Waals surface area contributed by atoms with Crippen molar-refractivity contribution in [2.45, 2.75) is 19.5 Å². The maximum atomic E-state index is 13.3. The van der Waals surface area contributed by atoms with Crippen LogP contribution in [0.3, 0.4) is 0 Å². The lowest BCUT2D eigenvalue weighted by atomic mass is 10.1. The summed E-state index contributed by atoms with van der Waals surface area (Å²) in [5.74, 6) is -0.469. The molecule has 0 atom stereocenters. The summed E-state index contributed by atoms with van der Waals surface area (Å²) in [5.41, 5.74) is 2.54. The first-order chi connectivity index (χ1) is 13.3. The van der Waals surface area contributed by atoms with Crippen LogP contribution in [-0.4, -0.2) is 22.0 Å². The number of halogens is 3. The normalized spacial score (nSPS) is 13.1. The molecule has 1 aliphatic rings. The molecule has 2 heterocycles. The number of nitrogens with zero attached hydrogens (tertiary/aromatic N) is 2. The van der Waals surface area contributed by atoms with Crippen molar-refractivity contribution >= 4 is 17.3 Å². The molecule has 3 aromatic rings. The van der Waals surface area contributed by atoms with Crippen LogP contribution in [0.2, 0.25) is 0 Å². The first kappa shape index (κ1) is 18.1. The highest BCUT2D eigenvalue weighted by Crippen LogP contribution is 2.33. The van der Waals surface area contributed by atoms with Gasteiger partial charge in [-0.1, -0.05) is 6.07 Å².